The Morgan fingerprint density at radius 2 is 1.81 bits per heavy atom. The van der Waals surface area contributed by atoms with Crippen molar-refractivity contribution < 1.29 is 13.6 Å². The number of hydrogen-bond acceptors (Lipinski definition) is 1. The van der Waals surface area contributed by atoms with Gasteiger partial charge in [-0.25, -0.2) is 13.6 Å². The Morgan fingerprint density at radius 1 is 1.10 bits per heavy atom. The van der Waals surface area contributed by atoms with E-state index in [-0.39, 0.29) is 11.7 Å². The molecule has 2 N–H and O–H groups in total. The molecule has 0 aromatic heterocycles. The highest BCUT2D eigenvalue weighted by Gasteiger charge is 2.12. The Morgan fingerprint density at radius 3 is 2.48 bits per heavy atom. The van der Waals surface area contributed by atoms with E-state index < -0.39 is 17.7 Å². The molecule has 0 aliphatic carbocycles. The van der Waals surface area contributed by atoms with Gasteiger partial charge in [-0.05, 0) is 37.1 Å². The van der Waals surface area contributed by atoms with Gasteiger partial charge < -0.3 is 10.6 Å². The van der Waals surface area contributed by atoms with Crippen molar-refractivity contribution in [2.24, 2.45) is 0 Å². The third-order valence-corrected chi connectivity index (χ3v) is 3.18. The zero-order valence-electron chi connectivity index (χ0n) is 11.8. The fourth-order valence-corrected chi connectivity index (χ4v) is 2.09. The Hall–Kier alpha value is -2.43. The quantitative estimate of drug-likeness (QED) is 0.875. The van der Waals surface area contributed by atoms with E-state index in [1.54, 1.807) is 0 Å². The number of halogens is 2. The van der Waals surface area contributed by atoms with Crippen LogP contribution in [0.25, 0.3) is 0 Å². The van der Waals surface area contributed by atoms with Crippen LogP contribution in [0, 0.1) is 18.6 Å². The summed E-state index contributed by atoms with van der Waals surface area (Å²) in [4.78, 5) is 11.9. The van der Waals surface area contributed by atoms with Crippen LogP contribution in [0.1, 0.15) is 24.1 Å². The van der Waals surface area contributed by atoms with Crippen molar-refractivity contribution in [3.05, 3.63) is 65.2 Å². The first-order valence-corrected chi connectivity index (χ1v) is 6.55. The number of hydrogen-bond donors (Lipinski definition) is 2. The molecule has 0 saturated heterocycles. The highest BCUT2D eigenvalue weighted by atomic mass is 19.2. The highest BCUT2D eigenvalue weighted by Crippen LogP contribution is 2.17. The van der Waals surface area contributed by atoms with Crippen LogP contribution in [0.15, 0.2) is 42.5 Å². The van der Waals surface area contributed by atoms with Crippen LogP contribution in [-0.2, 0) is 0 Å². The zero-order chi connectivity index (χ0) is 15.4. The second-order valence-corrected chi connectivity index (χ2v) is 4.81. The molecule has 0 heterocycles. The Labute approximate surface area is 122 Å². The molecule has 0 bridgehead atoms. The molecule has 21 heavy (non-hydrogen) atoms. The molecule has 0 aliphatic heterocycles. The van der Waals surface area contributed by atoms with Crippen molar-refractivity contribution >= 4 is 11.7 Å². The number of nitrogens with one attached hydrogen (secondary N) is 2. The average Bonchev–Trinajstić information content (AvgIpc) is 2.43. The standard InChI is InChI=1S/C16H16F2N2O/c1-10-5-3-4-6-13(10)11(2)19-16(21)20-12-7-8-14(17)15(18)9-12/h3-9,11H,1-2H3,(H2,19,20,21)/t11-/m0/s1. The normalized spacial score (nSPS) is 11.8. The van der Waals surface area contributed by atoms with Gasteiger partial charge in [0, 0.05) is 11.8 Å². The van der Waals surface area contributed by atoms with Crippen LogP contribution in [-0.4, -0.2) is 6.03 Å². The van der Waals surface area contributed by atoms with E-state index in [9.17, 15) is 13.6 Å². The molecule has 0 aliphatic rings. The third-order valence-electron chi connectivity index (χ3n) is 3.18. The number of carbonyl (C=O) groups excluding carboxylic acids is 1. The van der Waals surface area contributed by atoms with Crippen molar-refractivity contribution in [2.45, 2.75) is 19.9 Å². The van der Waals surface area contributed by atoms with Crippen LogP contribution in [0.2, 0.25) is 0 Å². The van der Waals surface area contributed by atoms with Crippen LogP contribution >= 0.6 is 0 Å². The van der Waals surface area contributed by atoms with Crippen molar-refractivity contribution in [2.75, 3.05) is 5.32 Å². The largest absolute Gasteiger partial charge is 0.331 e. The van der Waals surface area contributed by atoms with E-state index in [4.69, 9.17) is 0 Å². The summed E-state index contributed by atoms with van der Waals surface area (Å²) in [7, 11) is 0. The minimum atomic E-state index is -1.00. The summed E-state index contributed by atoms with van der Waals surface area (Å²) in [6.45, 7) is 3.81. The number of amides is 2. The van der Waals surface area contributed by atoms with E-state index in [1.807, 2.05) is 38.1 Å². The van der Waals surface area contributed by atoms with Gasteiger partial charge in [-0.15, -0.1) is 0 Å². The van der Waals surface area contributed by atoms with Gasteiger partial charge in [0.25, 0.3) is 0 Å². The van der Waals surface area contributed by atoms with Crippen LogP contribution in [0.5, 0.6) is 0 Å². The van der Waals surface area contributed by atoms with Gasteiger partial charge in [0.2, 0.25) is 0 Å². The van der Waals surface area contributed by atoms with Crippen LogP contribution in [0.3, 0.4) is 0 Å². The summed E-state index contributed by atoms with van der Waals surface area (Å²) < 4.78 is 25.9. The van der Waals surface area contributed by atoms with Gasteiger partial charge in [-0.3, -0.25) is 0 Å². The lowest BCUT2D eigenvalue weighted by atomic mass is 10.0. The molecule has 2 aromatic carbocycles. The fraction of sp³-hybridized carbons (Fsp3) is 0.188. The summed E-state index contributed by atoms with van der Waals surface area (Å²) in [5.74, 6) is -1.95. The molecule has 0 saturated carbocycles. The second kappa shape index (κ2) is 6.35. The lowest BCUT2D eigenvalue weighted by Crippen LogP contribution is -2.31. The van der Waals surface area contributed by atoms with E-state index in [1.165, 1.54) is 6.07 Å². The Bertz CT molecular complexity index is 658. The maximum atomic E-state index is 13.1. The predicted octanol–water partition coefficient (Wildman–Crippen LogP) is 4.16. The summed E-state index contributed by atoms with van der Waals surface area (Å²) in [5.41, 5.74) is 2.26. The lowest BCUT2D eigenvalue weighted by Gasteiger charge is -2.17. The summed E-state index contributed by atoms with van der Waals surface area (Å²) in [5, 5.41) is 5.23. The molecule has 3 nitrogen and oxygen atoms in total. The first-order chi connectivity index (χ1) is 9.97. The highest BCUT2D eigenvalue weighted by molar-refractivity contribution is 5.89. The molecule has 5 heteroatoms. The molecule has 2 amide bonds. The molecule has 0 spiro atoms. The molecule has 1 atom stereocenters. The summed E-state index contributed by atoms with van der Waals surface area (Å²) in [6, 6.07) is 10.2. The molecule has 0 unspecified atom stereocenters. The second-order valence-electron chi connectivity index (χ2n) is 4.81. The minimum absolute atomic E-state index is 0.198. The number of rotatable bonds is 3. The molecular weight excluding hydrogens is 274 g/mol. The van der Waals surface area contributed by atoms with Gasteiger partial charge in [0.1, 0.15) is 0 Å². The number of anilines is 1. The van der Waals surface area contributed by atoms with E-state index in [0.717, 1.165) is 23.3 Å². The van der Waals surface area contributed by atoms with Gasteiger partial charge >= 0.3 is 6.03 Å². The van der Waals surface area contributed by atoms with Crippen molar-refractivity contribution in [1.82, 2.24) is 5.32 Å². The van der Waals surface area contributed by atoms with E-state index >= 15 is 0 Å². The number of benzene rings is 2. The summed E-state index contributed by atoms with van der Waals surface area (Å²) >= 11 is 0. The smallest absolute Gasteiger partial charge is 0.319 e. The van der Waals surface area contributed by atoms with Gasteiger partial charge in [-0.1, -0.05) is 24.3 Å². The predicted molar refractivity (Wildman–Crippen MR) is 78.1 cm³/mol. The van der Waals surface area contributed by atoms with Crippen molar-refractivity contribution in [1.29, 1.82) is 0 Å². The van der Waals surface area contributed by atoms with Gasteiger partial charge in [0.15, 0.2) is 11.6 Å². The Balaban J connectivity index is 2.01. The maximum Gasteiger partial charge on any atom is 0.319 e. The first-order valence-electron chi connectivity index (χ1n) is 6.55. The molecular formula is C16H16F2N2O. The van der Waals surface area contributed by atoms with Crippen molar-refractivity contribution in [3.8, 4) is 0 Å². The maximum absolute atomic E-state index is 13.1. The third kappa shape index (κ3) is 3.78. The van der Waals surface area contributed by atoms with Crippen LogP contribution in [0.4, 0.5) is 19.3 Å². The molecule has 110 valence electrons. The molecule has 2 rings (SSSR count). The van der Waals surface area contributed by atoms with Crippen LogP contribution < -0.4 is 10.6 Å². The van der Waals surface area contributed by atoms with Gasteiger partial charge in [0.05, 0.1) is 6.04 Å². The monoisotopic (exact) mass is 290 g/mol. The number of aryl methyl sites for hydroxylation is 1. The SMILES string of the molecule is Cc1ccccc1[C@H](C)NC(=O)Nc1ccc(F)c(F)c1. The molecule has 0 radical (unpaired) electrons. The van der Waals surface area contributed by atoms with Crippen molar-refractivity contribution in [3.63, 3.8) is 0 Å². The molecule has 0 fully saturated rings. The number of carbonyl (C=O) groups is 1. The van der Waals surface area contributed by atoms with E-state index in [0.29, 0.717) is 0 Å². The minimum Gasteiger partial charge on any atom is -0.331 e. The first kappa shape index (κ1) is 15.0. The molecule has 2 aromatic rings. The Kier molecular flexibility index (Phi) is 4.52. The summed E-state index contributed by atoms with van der Waals surface area (Å²) in [6.07, 6.45) is 0. The lowest BCUT2D eigenvalue weighted by molar-refractivity contribution is 0.249. The average molecular weight is 290 g/mol. The fourth-order valence-electron chi connectivity index (χ4n) is 2.09. The number of urea groups is 1. The topological polar surface area (TPSA) is 41.1 Å². The van der Waals surface area contributed by atoms with Gasteiger partial charge in [-0.2, -0.15) is 0 Å². The van der Waals surface area contributed by atoms with E-state index in [2.05, 4.69) is 10.6 Å². The zero-order valence-corrected chi connectivity index (χ0v) is 11.8.